The molecule has 4 rings (SSSR count). The second-order valence-corrected chi connectivity index (χ2v) is 8.70. The molecule has 2 aromatic rings. The first kappa shape index (κ1) is 23.2. The number of dihydropyridines is 1. The van der Waals surface area contributed by atoms with E-state index in [1.54, 1.807) is 0 Å². The van der Waals surface area contributed by atoms with Crippen LogP contribution in [0.5, 0.6) is 5.75 Å². The molecule has 2 aliphatic heterocycles. The molecule has 0 aliphatic carbocycles. The van der Waals surface area contributed by atoms with Crippen molar-refractivity contribution in [3.63, 3.8) is 0 Å². The lowest BCUT2D eigenvalue weighted by atomic mass is 10.0. The highest BCUT2D eigenvalue weighted by atomic mass is 32.1. The number of hydrogen-bond acceptors (Lipinski definition) is 6. The van der Waals surface area contributed by atoms with E-state index in [9.17, 15) is 4.79 Å². The minimum Gasteiger partial charge on any atom is -0.462 e. The van der Waals surface area contributed by atoms with Crippen LogP contribution < -0.4 is 10.1 Å². The molecule has 1 aromatic carbocycles. The molecule has 0 radical (unpaired) electrons. The molecule has 1 atom stereocenters. The van der Waals surface area contributed by atoms with Crippen molar-refractivity contribution < 1.29 is 9.53 Å². The van der Waals surface area contributed by atoms with E-state index < -0.39 is 0 Å². The Hall–Kier alpha value is -2.51. The number of nitrogens with one attached hydrogen (secondary N) is 1. The summed E-state index contributed by atoms with van der Waals surface area (Å²) < 4.78 is 6.14. The van der Waals surface area contributed by atoms with E-state index in [1.165, 1.54) is 22.5 Å². The highest BCUT2D eigenvalue weighted by molar-refractivity contribution is 7.15. The van der Waals surface area contributed by atoms with Gasteiger partial charge in [0.15, 0.2) is 5.13 Å². The van der Waals surface area contributed by atoms with Gasteiger partial charge in [-0.05, 0) is 56.0 Å². The Morgan fingerprint density at radius 2 is 2.13 bits per heavy atom. The summed E-state index contributed by atoms with van der Waals surface area (Å²) in [6.45, 7) is 10.9. The van der Waals surface area contributed by atoms with Gasteiger partial charge in [-0.3, -0.25) is 14.7 Å². The van der Waals surface area contributed by atoms with E-state index in [0.29, 0.717) is 17.6 Å². The largest absolute Gasteiger partial charge is 0.462 e. The minimum atomic E-state index is 0.416. The van der Waals surface area contributed by atoms with Crippen LogP contribution in [0.3, 0.4) is 0 Å². The molecule has 6 nitrogen and oxygen atoms in total. The van der Waals surface area contributed by atoms with Gasteiger partial charge in [-0.1, -0.05) is 19.9 Å². The number of rotatable bonds is 6. The van der Waals surface area contributed by atoms with E-state index in [0.717, 1.165) is 61.0 Å². The molecule has 166 valence electrons. The molecule has 0 spiro atoms. The number of nitrogens with zero attached hydrogens (tertiary/aromatic N) is 3. The third kappa shape index (κ3) is 6.24. The summed E-state index contributed by atoms with van der Waals surface area (Å²) >= 11 is 1.53. The number of thiazole rings is 1. The van der Waals surface area contributed by atoms with Crippen molar-refractivity contribution in [2.75, 3.05) is 18.4 Å². The fraction of sp³-hybridized carbons (Fsp3) is 0.458. The first-order chi connectivity index (χ1) is 15.1. The number of carbonyl (C=O) groups excluding carboxylic acids is 1. The third-order valence-electron chi connectivity index (χ3n) is 5.42. The third-order valence-corrected chi connectivity index (χ3v) is 6.33. The minimum absolute atomic E-state index is 0.416. The van der Waals surface area contributed by atoms with Gasteiger partial charge in [0.05, 0.1) is 0 Å². The molecule has 2 aliphatic rings. The van der Waals surface area contributed by atoms with Crippen LogP contribution in [-0.4, -0.2) is 41.1 Å². The molecule has 1 amide bonds. The van der Waals surface area contributed by atoms with Gasteiger partial charge in [-0.2, -0.15) is 0 Å². The second-order valence-electron chi connectivity index (χ2n) is 7.58. The number of allylic oxidation sites excluding steroid dienone is 1. The van der Waals surface area contributed by atoms with E-state index in [4.69, 9.17) is 4.74 Å². The maximum absolute atomic E-state index is 10.6. The maximum Gasteiger partial charge on any atom is 0.213 e. The molecular formula is C24H32N4O2S. The number of anilines is 1. The SMILES string of the molecule is CC.CC1=NCCC(Oc2ccc3c(c2)CC(C)N(Cc2cnc(NC=O)s2)CC3)=C1. The van der Waals surface area contributed by atoms with Crippen molar-refractivity contribution in [3.8, 4) is 5.75 Å². The Kier molecular flexibility index (Phi) is 8.37. The van der Waals surface area contributed by atoms with Crippen molar-refractivity contribution in [1.29, 1.82) is 0 Å². The highest BCUT2D eigenvalue weighted by Gasteiger charge is 2.22. The normalized spacial score (nSPS) is 18.5. The van der Waals surface area contributed by atoms with Crippen molar-refractivity contribution in [2.45, 2.75) is 59.5 Å². The second kappa shape index (κ2) is 11.2. The molecule has 0 saturated heterocycles. The van der Waals surface area contributed by atoms with Gasteiger partial charge in [0.25, 0.3) is 0 Å². The summed E-state index contributed by atoms with van der Waals surface area (Å²) in [4.78, 5) is 22.9. The standard InChI is InChI=1S/C22H26N4O2S.C2H6/c1-15-9-20(5-7-23-15)28-19-4-3-17-6-8-26(16(2)10-18(17)11-19)13-21-12-24-22(29-21)25-14-27;1-2/h3-4,9,11-12,14,16H,5-8,10,13H2,1-2H3,(H,24,25,27);1-2H3. The summed E-state index contributed by atoms with van der Waals surface area (Å²) in [5, 5.41) is 3.28. The average Bonchev–Trinajstić information content (AvgIpc) is 3.14. The Bertz CT molecular complexity index is 951. The molecule has 31 heavy (non-hydrogen) atoms. The van der Waals surface area contributed by atoms with Crippen LogP contribution in [0, 0.1) is 0 Å². The first-order valence-corrected chi connectivity index (χ1v) is 11.8. The molecule has 0 saturated carbocycles. The van der Waals surface area contributed by atoms with E-state index in [2.05, 4.69) is 45.3 Å². The molecule has 0 bridgehead atoms. The zero-order chi connectivity index (χ0) is 22.2. The monoisotopic (exact) mass is 440 g/mol. The van der Waals surface area contributed by atoms with Crippen LogP contribution in [0.15, 0.2) is 41.2 Å². The van der Waals surface area contributed by atoms with Crippen LogP contribution in [0.1, 0.15) is 50.1 Å². The van der Waals surface area contributed by atoms with Crippen molar-refractivity contribution in [1.82, 2.24) is 9.88 Å². The van der Waals surface area contributed by atoms with Gasteiger partial charge in [-0.15, -0.1) is 11.3 Å². The van der Waals surface area contributed by atoms with Crippen LogP contribution in [0.25, 0.3) is 0 Å². The molecule has 7 heteroatoms. The highest BCUT2D eigenvalue weighted by Crippen LogP contribution is 2.28. The number of ether oxygens (including phenoxy) is 1. The topological polar surface area (TPSA) is 66.8 Å². The molecule has 3 heterocycles. The zero-order valence-corrected chi connectivity index (χ0v) is 19.7. The lowest BCUT2D eigenvalue weighted by Crippen LogP contribution is -2.33. The van der Waals surface area contributed by atoms with Crippen molar-refractivity contribution >= 4 is 28.6 Å². The van der Waals surface area contributed by atoms with E-state index in [1.807, 2.05) is 33.0 Å². The molecule has 0 fully saturated rings. The Morgan fingerprint density at radius 3 is 2.90 bits per heavy atom. The maximum atomic E-state index is 10.6. The Balaban J connectivity index is 0.00000132. The number of hydrogen-bond donors (Lipinski definition) is 1. The predicted octanol–water partition coefficient (Wildman–Crippen LogP) is 4.85. The molecule has 1 N–H and O–H groups in total. The number of fused-ring (bicyclic) bond motifs is 1. The van der Waals surface area contributed by atoms with Gasteiger partial charge in [0.2, 0.25) is 6.41 Å². The summed E-state index contributed by atoms with van der Waals surface area (Å²) in [6, 6.07) is 6.92. The van der Waals surface area contributed by atoms with Crippen LogP contribution in [0.4, 0.5) is 5.13 Å². The Labute approximate surface area is 189 Å². The van der Waals surface area contributed by atoms with Gasteiger partial charge in [0.1, 0.15) is 11.5 Å². The van der Waals surface area contributed by atoms with Crippen LogP contribution in [0.2, 0.25) is 0 Å². The van der Waals surface area contributed by atoms with E-state index >= 15 is 0 Å². The van der Waals surface area contributed by atoms with Gasteiger partial charge in [0, 0.05) is 48.9 Å². The lowest BCUT2D eigenvalue weighted by Gasteiger charge is -2.26. The smallest absolute Gasteiger partial charge is 0.213 e. The number of carbonyl (C=O) groups is 1. The van der Waals surface area contributed by atoms with Crippen molar-refractivity contribution in [3.05, 3.63) is 52.2 Å². The molecular weight excluding hydrogens is 408 g/mol. The quantitative estimate of drug-likeness (QED) is 0.652. The lowest BCUT2D eigenvalue weighted by molar-refractivity contribution is -0.105. The van der Waals surface area contributed by atoms with Crippen molar-refractivity contribution in [2.24, 2.45) is 4.99 Å². The Morgan fingerprint density at radius 1 is 1.29 bits per heavy atom. The van der Waals surface area contributed by atoms with Gasteiger partial charge < -0.3 is 10.1 Å². The summed E-state index contributed by atoms with van der Waals surface area (Å²) in [5.74, 6) is 1.91. The van der Waals surface area contributed by atoms with Gasteiger partial charge in [-0.25, -0.2) is 4.98 Å². The number of amides is 1. The summed E-state index contributed by atoms with van der Waals surface area (Å²) in [7, 11) is 0. The summed E-state index contributed by atoms with van der Waals surface area (Å²) in [6.07, 6.45) is 7.43. The van der Waals surface area contributed by atoms with Crippen LogP contribution in [-0.2, 0) is 24.2 Å². The number of aromatic nitrogens is 1. The first-order valence-electron chi connectivity index (χ1n) is 11.0. The van der Waals surface area contributed by atoms with E-state index in [-0.39, 0.29) is 0 Å². The number of benzene rings is 1. The zero-order valence-electron chi connectivity index (χ0n) is 18.9. The van der Waals surface area contributed by atoms with Crippen LogP contribution >= 0.6 is 11.3 Å². The average molecular weight is 441 g/mol. The summed E-state index contributed by atoms with van der Waals surface area (Å²) in [5.41, 5.74) is 3.79. The number of aliphatic imine (C=N–C) groups is 1. The van der Waals surface area contributed by atoms with Gasteiger partial charge >= 0.3 is 0 Å². The molecule has 1 aromatic heterocycles. The predicted molar refractivity (Wildman–Crippen MR) is 128 cm³/mol. The fourth-order valence-electron chi connectivity index (χ4n) is 3.89. The molecule has 1 unspecified atom stereocenters. The fourth-order valence-corrected chi connectivity index (χ4v) is 4.69.